The first-order chi connectivity index (χ1) is 8.13. The number of hydrogen-bond donors (Lipinski definition) is 0. The van der Waals surface area contributed by atoms with Gasteiger partial charge in [0.1, 0.15) is 0 Å². The van der Waals surface area contributed by atoms with E-state index < -0.39 is 17.5 Å². The molecule has 2 nitrogen and oxygen atoms in total. The minimum absolute atomic E-state index is 0.0425. The van der Waals surface area contributed by atoms with Gasteiger partial charge in [0.2, 0.25) is 5.88 Å². The Hall–Kier alpha value is -2.04. The zero-order chi connectivity index (χ0) is 12.4. The lowest BCUT2D eigenvalue weighted by Crippen LogP contribution is -1.94. The molecule has 1 heterocycles. The topological polar surface area (TPSA) is 22.1 Å². The summed E-state index contributed by atoms with van der Waals surface area (Å²) in [4.78, 5) is 3.66. The predicted octanol–water partition coefficient (Wildman–Crippen LogP) is 3.17. The largest absolute Gasteiger partial charge is 0.479 e. The molecule has 0 aliphatic carbocycles. The number of halogens is 3. The maximum absolute atomic E-state index is 13.4. The minimum atomic E-state index is -1.03. The van der Waals surface area contributed by atoms with Crippen LogP contribution in [0.25, 0.3) is 11.1 Å². The minimum Gasteiger partial charge on any atom is -0.479 e. The van der Waals surface area contributed by atoms with Crippen molar-refractivity contribution >= 4 is 0 Å². The van der Waals surface area contributed by atoms with Gasteiger partial charge in [0.05, 0.1) is 7.11 Å². The van der Waals surface area contributed by atoms with Crippen molar-refractivity contribution in [1.29, 1.82) is 0 Å². The van der Waals surface area contributed by atoms with Gasteiger partial charge in [0.25, 0.3) is 0 Å². The molecule has 0 fully saturated rings. The predicted molar refractivity (Wildman–Crippen MR) is 56.1 cm³/mol. The van der Waals surface area contributed by atoms with Gasteiger partial charge in [-0.3, -0.25) is 0 Å². The highest BCUT2D eigenvalue weighted by Crippen LogP contribution is 2.26. The molecule has 0 saturated heterocycles. The summed E-state index contributed by atoms with van der Waals surface area (Å²) in [5, 5.41) is 0. The van der Waals surface area contributed by atoms with Gasteiger partial charge in [-0.15, -0.1) is 0 Å². The van der Waals surface area contributed by atoms with Gasteiger partial charge in [0, 0.05) is 17.3 Å². The van der Waals surface area contributed by atoms with Crippen LogP contribution in [0.2, 0.25) is 0 Å². The molecule has 0 spiro atoms. The first-order valence-electron chi connectivity index (χ1n) is 4.77. The van der Waals surface area contributed by atoms with E-state index in [0.717, 1.165) is 12.1 Å². The molecule has 1 aromatic carbocycles. The van der Waals surface area contributed by atoms with Crippen molar-refractivity contribution in [3.8, 4) is 17.0 Å². The van der Waals surface area contributed by atoms with Gasteiger partial charge < -0.3 is 4.74 Å². The fourth-order valence-corrected chi connectivity index (χ4v) is 1.45. The number of benzene rings is 1. The van der Waals surface area contributed by atoms with E-state index in [9.17, 15) is 13.2 Å². The van der Waals surface area contributed by atoms with E-state index >= 15 is 0 Å². The highest BCUT2D eigenvalue weighted by Gasteiger charge is 2.12. The maximum atomic E-state index is 13.4. The van der Waals surface area contributed by atoms with Crippen LogP contribution in [0.4, 0.5) is 13.2 Å². The van der Waals surface area contributed by atoms with Crippen molar-refractivity contribution in [3.63, 3.8) is 0 Å². The Labute approximate surface area is 95.7 Å². The molecule has 0 unspecified atom stereocenters. The van der Waals surface area contributed by atoms with Gasteiger partial charge >= 0.3 is 0 Å². The summed E-state index contributed by atoms with van der Waals surface area (Å²) < 4.78 is 44.4. The summed E-state index contributed by atoms with van der Waals surface area (Å²) in [5.74, 6) is -2.93. The van der Waals surface area contributed by atoms with Crippen LogP contribution in [0.1, 0.15) is 0 Å². The van der Waals surface area contributed by atoms with Gasteiger partial charge in [0.15, 0.2) is 17.5 Å². The van der Waals surface area contributed by atoms with E-state index in [1.54, 1.807) is 0 Å². The van der Waals surface area contributed by atoms with E-state index in [4.69, 9.17) is 0 Å². The van der Waals surface area contributed by atoms with E-state index in [1.165, 1.54) is 25.4 Å². The van der Waals surface area contributed by atoms with Crippen molar-refractivity contribution in [2.75, 3.05) is 7.11 Å². The second-order valence-corrected chi connectivity index (χ2v) is 3.32. The number of ether oxygens (including phenoxy) is 1. The number of aromatic nitrogens is 1. The summed E-state index contributed by atoms with van der Waals surface area (Å²) >= 11 is 0. The Morgan fingerprint density at radius 2 is 1.88 bits per heavy atom. The van der Waals surface area contributed by atoms with Crippen molar-refractivity contribution in [2.24, 2.45) is 0 Å². The molecule has 2 rings (SSSR count). The summed E-state index contributed by atoms with van der Waals surface area (Å²) in [6.07, 6.45) is 1.22. The van der Waals surface area contributed by atoms with Gasteiger partial charge in [-0.2, -0.15) is 0 Å². The van der Waals surface area contributed by atoms with Crippen LogP contribution >= 0.6 is 0 Å². The van der Waals surface area contributed by atoms with Crippen LogP contribution in [0.5, 0.6) is 5.88 Å². The van der Waals surface area contributed by atoms with E-state index in [0.29, 0.717) is 0 Å². The molecule has 0 amide bonds. The lowest BCUT2D eigenvalue weighted by molar-refractivity contribution is 0.369. The zero-order valence-electron chi connectivity index (χ0n) is 8.88. The van der Waals surface area contributed by atoms with Gasteiger partial charge in [-0.05, 0) is 12.1 Å². The van der Waals surface area contributed by atoms with Crippen LogP contribution in [-0.2, 0) is 0 Å². The maximum Gasteiger partial charge on any atom is 0.250 e. The van der Waals surface area contributed by atoms with Gasteiger partial charge in [-0.25, -0.2) is 18.2 Å². The highest BCUT2D eigenvalue weighted by atomic mass is 19.2. The number of nitrogens with zero attached hydrogens (tertiary/aromatic N) is 1. The Bertz CT molecular complexity index is 557. The standard InChI is InChI=1S/C12H8F3NO/c1-17-12-10(14)5-7(6-16-12)8-3-2-4-9(13)11(8)15/h2-6H,1H3. The van der Waals surface area contributed by atoms with Gasteiger partial charge in [-0.1, -0.05) is 12.1 Å². The molecular weight excluding hydrogens is 231 g/mol. The Balaban J connectivity index is 2.54. The molecule has 0 bridgehead atoms. The fraction of sp³-hybridized carbons (Fsp3) is 0.0833. The van der Waals surface area contributed by atoms with Crippen molar-refractivity contribution < 1.29 is 17.9 Å². The number of hydrogen-bond acceptors (Lipinski definition) is 2. The first-order valence-corrected chi connectivity index (χ1v) is 4.77. The molecule has 1 aromatic heterocycles. The number of methoxy groups -OCH3 is 1. The third-order valence-corrected chi connectivity index (χ3v) is 2.26. The molecule has 17 heavy (non-hydrogen) atoms. The third kappa shape index (κ3) is 2.08. The molecule has 2 aromatic rings. The third-order valence-electron chi connectivity index (χ3n) is 2.26. The van der Waals surface area contributed by atoms with E-state index in [1.807, 2.05) is 0 Å². The molecule has 0 atom stereocenters. The van der Waals surface area contributed by atoms with Crippen LogP contribution in [0.3, 0.4) is 0 Å². The van der Waals surface area contributed by atoms with Crippen molar-refractivity contribution in [2.45, 2.75) is 0 Å². The van der Waals surface area contributed by atoms with Crippen LogP contribution in [0, 0.1) is 17.5 Å². The van der Waals surface area contributed by atoms with Crippen molar-refractivity contribution in [1.82, 2.24) is 4.98 Å². The molecule has 0 saturated carbocycles. The first kappa shape index (κ1) is 11.4. The smallest absolute Gasteiger partial charge is 0.250 e. The van der Waals surface area contributed by atoms with Crippen LogP contribution in [-0.4, -0.2) is 12.1 Å². The van der Waals surface area contributed by atoms with Crippen molar-refractivity contribution in [3.05, 3.63) is 47.9 Å². The molecule has 88 valence electrons. The number of pyridine rings is 1. The normalized spacial score (nSPS) is 10.4. The summed E-state index contributed by atoms with van der Waals surface area (Å²) in [6.45, 7) is 0. The molecule has 0 aliphatic heterocycles. The van der Waals surface area contributed by atoms with Crippen LogP contribution < -0.4 is 4.74 Å². The Kier molecular flexibility index (Phi) is 2.99. The highest BCUT2D eigenvalue weighted by molar-refractivity contribution is 5.63. The molecule has 0 N–H and O–H groups in total. The summed E-state index contributed by atoms with van der Waals surface area (Å²) in [7, 11) is 1.27. The number of rotatable bonds is 2. The fourth-order valence-electron chi connectivity index (χ4n) is 1.45. The van der Waals surface area contributed by atoms with Crippen LogP contribution in [0.15, 0.2) is 30.5 Å². The SMILES string of the molecule is COc1ncc(-c2cccc(F)c2F)cc1F. The molecule has 5 heteroatoms. The zero-order valence-corrected chi connectivity index (χ0v) is 8.88. The Morgan fingerprint density at radius 1 is 1.12 bits per heavy atom. The second-order valence-electron chi connectivity index (χ2n) is 3.32. The van der Waals surface area contributed by atoms with E-state index in [2.05, 4.69) is 9.72 Å². The molecular formula is C12H8F3NO. The molecule has 0 aliphatic rings. The van der Waals surface area contributed by atoms with E-state index in [-0.39, 0.29) is 17.0 Å². The molecule has 0 radical (unpaired) electrons. The lowest BCUT2D eigenvalue weighted by Gasteiger charge is -2.05. The monoisotopic (exact) mass is 239 g/mol. The average molecular weight is 239 g/mol. The second kappa shape index (κ2) is 4.45. The summed E-state index contributed by atoms with van der Waals surface area (Å²) in [6, 6.07) is 4.73. The Morgan fingerprint density at radius 3 is 2.53 bits per heavy atom. The summed E-state index contributed by atoms with van der Waals surface area (Å²) in [5.41, 5.74) is 0.111. The average Bonchev–Trinajstić information content (AvgIpc) is 2.32. The quantitative estimate of drug-likeness (QED) is 0.803. The lowest BCUT2D eigenvalue weighted by atomic mass is 10.1.